The highest BCUT2D eigenvalue weighted by molar-refractivity contribution is 7.80. The van der Waals surface area contributed by atoms with Gasteiger partial charge in [0.2, 0.25) is 82.7 Å². The van der Waals surface area contributed by atoms with Crippen LogP contribution >= 0.6 is 25.3 Å². The Balaban J connectivity index is 0.863. The molecule has 1 aliphatic carbocycles. The number of phenols is 2. The number of aromatic nitrogens is 3. The lowest BCUT2D eigenvalue weighted by atomic mass is 9.90. The maximum absolute atomic E-state index is 15.3. The summed E-state index contributed by atoms with van der Waals surface area (Å²) >= 11 is 8.58. The molecule has 1 aliphatic heterocycles. The predicted molar refractivity (Wildman–Crippen MR) is 505 cm³/mol. The summed E-state index contributed by atoms with van der Waals surface area (Å²) in [6, 6.07) is 18.3. The summed E-state index contributed by atoms with van der Waals surface area (Å²) in [5.41, 5.74) is 15.1. The monoisotopic (exact) mass is 1900 g/mol. The van der Waals surface area contributed by atoms with Crippen LogP contribution in [0.5, 0.6) is 11.5 Å². The number of aliphatic hydroxyl groups excluding tert-OH is 2. The van der Waals surface area contributed by atoms with Crippen molar-refractivity contribution in [2.45, 2.75) is 197 Å². The lowest BCUT2D eigenvalue weighted by Gasteiger charge is -2.28. The zero-order valence-electron chi connectivity index (χ0n) is 75.2. The number of phenolic OH excluding ortho intramolecular Hbond substituents is 2. The van der Waals surface area contributed by atoms with Crippen molar-refractivity contribution in [1.29, 1.82) is 0 Å². The molecule has 2 aromatic heterocycles. The molecule has 23 N–H and O–H groups in total. The van der Waals surface area contributed by atoms with Gasteiger partial charge in [0.25, 0.3) is 5.91 Å². The molecule has 0 unspecified atom stereocenters. The second kappa shape index (κ2) is 50.6. The number of benzene rings is 6. The number of nitrogens with one attached hydrogen (secondary N) is 15. The van der Waals surface area contributed by atoms with E-state index in [0.717, 1.165) is 0 Å². The van der Waals surface area contributed by atoms with Crippen molar-refractivity contribution in [2.24, 2.45) is 23.3 Å². The Kier molecular flexibility index (Phi) is 39.2. The number of rotatable bonds is 51. The number of carbonyl (C=O) groups is 15. The van der Waals surface area contributed by atoms with E-state index in [4.69, 9.17) is 15.9 Å². The molecule has 39 nitrogen and oxygen atoms in total. The molecule has 5 aromatic carbocycles. The van der Waals surface area contributed by atoms with Gasteiger partial charge >= 0.3 is 0 Å². The molecule has 15 amide bonds. The van der Waals surface area contributed by atoms with Crippen molar-refractivity contribution in [3.8, 4) is 33.9 Å². The van der Waals surface area contributed by atoms with Crippen LogP contribution < -0.4 is 86.0 Å². The van der Waals surface area contributed by atoms with Crippen LogP contribution in [0.25, 0.3) is 44.3 Å². The number of thiol groups is 2. The number of carbonyl (C=O) groups excluding carboxylic acids is 15. The van der Waals surface area contributed by atoms with E-state index in [1.165, 1.54) is 74.9 Å². The molecule has 0 saturated carbocycles. The van der Waals surface area contributed by atoms with Crippen LogP contribution in [0.15, 0.2) is 167 Å². The van der Waals surface area contributed by atoms with Gasteiger partial charge in [0.05, 0.1) is 19.0 Å². The smallest absolute Gasteiger partial charge is 0.251 e. The number of fused-ring (bicyclic) bond motifs is 3. The minimum absolute atomic E-state index is 0.0356. The molecule has 0 saturated heterocycles. The van der Waals surface area contributed by atoms with E-state index in [0.29, 0.717) is 80.1 Å². The van der Waals surface area contributed by atoms with Crippen molar-refractivity contribution in [3.05, 3.63) is 196 Å². The molecule has 7 aromatic rings. The Labute approximate surface area is 787 Å². The van der Waals surface area contributed by atoms with Crippen molar-refractivity contribution in [2.75, 3.05) is 24.7 Å². The van der Waals surface area contributed by atoms with Gasteiger partial charge in [0, 0.05) is 120 Å². The highest BCUT2D eigenvalue weighted by Crippen LogP contribution is 2.42. The summed E-state index contributed by atoms with van der Waals surface area (Å²) in [7, 11) is 0. The molecular formula is C94H116N18O21S2. The molecular weight excluding hydrogens is 1780 g/mol. The topological polar surface area (TPSA) is 620 Å². The molecule has 9 rings (SSSR count). The van der Waals surface area contributed by atoms with Gasteiger partial charge in [-0.25, -0.2) is 4.98 Å². The number of imidazole rings is 1. The fourth-order valence-electron chi connectivity index (χ4n) is 14.9. The first-order valence-electron chi connectivity index (χ1n) is 44.0. The van der Waals surface area contributed by atoms with Crippen LogP contribution in [0.4, 0.5) is 0 Å². The first kappa shape index (κ1) is 105. The van der Waals surface area contributed by atoms with Gasteiger partial charge in [-0.3, -0.25) is 76.7 Å². The number of hydrogen-bond acceptors (Lipinski definition) is 24. The molecule has 41 heteroatoms. The van der Waals surface area contributed by atoms with Crippen LogP contribution in [0.2, 0.25) is 0 Å². The average molecular weight is 1900 g/mol. The van der Waals surface area contributed by atoms with Gasteiger partial charge in [0.15, 0.2) is 5.43 Å². The van der Waals surface area contributed by atoms with E-state index in [-0.39, 0.29) is 103 Å². The minimum Gasteiger partial charge on any atom is -0.508 e. The highest BCUT2D eigenvalue weighted by Gasteiger charge is 2.39. The Morgan fingerprint density at radius 2 is 0.985 bits per heavy atom. The summed E-state index contributed by atoms with van der Waals surface area (Å²) < 4.78 is 6.01. The van der Waals surface area contributed by atoms with E-state index < -0.39 is 187 Å². The van der Waals surface area contributed by atoms with Crippen molar-refractivity contribution in [3.63, 3.8) is 0 Å². The summed E-state index contributed by atoms with van der Waals surface area (Å²) in [6.07, 6.45) is 1.82. The van der Waals surface area contributed by atoms with Crippen LogP contribution in [0.1, 0.15) is 126 Å². The molecule has 135 heavy (non-hydrogen) atoms. The average Bonchev–Trinajstić information content (AvgIpc) is 1.04. The van der Waals surface area contributed by atoms with Gasteiger partial charge in [-0.1, -0.05) is 113 Å². The number of H-pyrrole nitrogens is 2. The number of hydrogen-bond donors (Lipinski definition) is 23. The maximum Gasteiger partial charge on any atom is 0.251 e. The van der Waals surface area contributed by atoms with Crippen molar-refractivity contribution in [1.82, 2.24) is 84.1 Å². The van der Waals surface area contributed by atoms with E-state index in [9.17, 15) is 87.5 Å². The third kappa shape index (κ3) is 30.9. The molecule has 0 spiro atoms. The largest absolute Gasteiger partial charge is 0.508 e. The Morgan fingerprint density at radius 3 is 1.59 bits per heavy atom. The third-order valence-corrected chi connectivity index (χ3v) is 22.8. The van der Waals surface area contributed by atoms with Crippen molar-refractivity contribution >= 4 is 136 Å². The molecule has 0 radical (unpaired) electrons. The molecule has 3 heterocycles. The zero-order valence-corrected chi connectivity index (χ0v) is 77.0. The number of para-hydroxylation sites is 1. The Morgan fingerprint density at radius 1 is 0.467 bits per heavy atom. The number of primary amides is 2. The Bertz CT molecular complexity index is 5700. The summed E-state index contributed by atoms with van der Waals surface area (Å²) in [5, 5.41) is 76.6. The van der Waals surface area contributed by atoms with E-state index in [2.05, 4.69) is 109 Å². The SMILES string of the molecule is CC(C)C[C@H](NC(=O)CCCCCNC(=O)c1ccccc1-c1c2ccc(=O)cc-2oc2cc(O)ccc12)C(=O)N[C@H](C(=O)N[C@@H](Cc1ccccc1)C(=O)N[C@H](CS)C(=O)N[C@@H](Cc1cnc[nH]1)C(=O)N[C@@H](Cc1ccc(O)cc1)C(=O)N[C@@H](Cc1c[nH]c2ccccc12)C(=O)N[C@@H](C)C(=O)N[C@@H](CCC(N)=O)C(=O)N[C@@H](CC(C)C)C(=O)N[C@@H](CS)C(=O)N[C@@H](CO)C(N)=O)[C@@H](C)O. The number of aliphatic hydroxyl groups is 2. The fourth-order valence-corrected chi connectivity index (χ4v) is 15.5. The number of amides is 15. The van der Waals surface area contributed by atoms with Crippen LogP contribution in [-0.2, 0) is 92.8 Å². The molecule has 0 bridgehead atoms. The standard InChI is InChI=1S/C94H116N18O21S2/c1-49(2)35-67(102-79(119)23-11-8-16-34-98-84(122)62-21-13-12-20-61(62)80-63-30-28-58(116)41-76(63)133-77-42-59(117)29-31-64(77)80)91(129)112-81(52(6)114)94(132)108-70(37-53-17-9-7-10-18-53)89(127)111-74(46-134)92(130)107-72(40-56-44-97-48-100-56)90(128)105-69(38-54-24-26-57(115)27-25-54)88(126)106-71(39-55-43-99-65-22-15-14-19-60(55)65)86(124)101-51(5)83(121)103-66(32-33-78(95)118)85(123)104-68(36-50(3)4)87(125)110-75(47-135)93(131)109-73(45-113)82(96)120/h7,9-10,12-15,17-22,24-31,41-44,48-52,66-75,81,99,113-116,134-135H,8,11,16,23,32-40,45-47H2,1-6H3,(H2,95,118)(H2,96,120)(H,97,100)(H,98,122)(H,101,124)(H,102,119)(H,103,121)(H,104,123)(H,105,128)(H,106,126)(H,107,130)(H,108,132)(H,109,131)(H,110,125)(H,111,127)(H,112,129)/t51-,52+,66-,67-,68-,69-,70-,71-,72-,73-,74+,75-,81-/m0/s1. The summed E-state index contributed by atoms with van der Waals surface area (Å²) in [6.45, 7) is 8.90. The fraction of sp³-hybridized carbons (Fsp3) is 0.394. The summed E-state index contributed by atoms with van der Waals surface area (Å²) in [5.74, 6) is -14.8. The van der Waals surface area contributed by atoms with Crippen molar-refractivity contribution < 1.29 is 96.8 Å². The van der Waals surface area contributed by atoms with Gasteiger partial charge in [0.1, 0.15) is 95.3 Å². The van der Waals surface area contributed by atoms with E-state index in [1.54, 1.807) is 111 Å². The molecule has 13 atom stereocenters. The second-order valence-corrected chi connectivity index (χ2v) is 34.4. The van der Waals surface area contributed by atoms with Crippen LogP contribution in [-0.4, -0.2) is 227 Å². The van der Waals surface area contributed by atoms with Crippen LogP contribution in [0, 0.1) is 11.8 Å². The number of unbranched alkanes of at least 4 members (excludes halogenated alkanes) is 2. The first-order valence-corrected chi connectivity index (χ1v) is 45.3. The third-order valence-electron chi connectivity index (χ3n) is 22.1. The predicted octanol–water partition coefficient (Wildman–Crippen LogP) is 1.35. The molecule has 720 valence electrons. The quantitative estimate of drug-likeness (QED) is 0.0145. The molecule has 0 fully saturated rings. The van der Waals surface area contributed by atoms with Gasteiger partial charge in [-0.05, 0) is 129 Å². The lowest BCUT2D eigenvalue weighted by molar-refractivity contribution is -0.136. The zero-order chi connectivity index (χ0) is 98.3. The Hall–Kier alpha value is -14.2. The normalized spacial score (nSPS) is 14.2. The van der Waals surface area contributed by atoms with Gasteiger partial charge < -0.3 is 115 Å². The number of nitrogens with two attached hydrogens (primary N) is 2. The highest BCUT2D eigenvalue weighted by atomic mass is 32.1. The lowest BCUT2D eigenvalue weighted by Crippen LogP contribution is -2.62. The maximum atomic E-state index is 15.3. The van der Waals surface area contributed by atoms with Gasteiger partial charge in [-0.15, -0.1) is 0 Å². The van der Waals surface area contributed by atoms with E-state index in [1.807, 2.05) is 13.8 Å². The first-order chi connectivity index (χ1) is 64.4. The molecule has 2 aliphatic rings. The van der Waals surface area contributed by atoms with Gasteiger partial charge in [-0.2, -0.15) is 25.3 Å². The number of aromatic amines is 2. The van der Waals surface area contributed by atoms with Crippen LogP contribution in [0.3, 0.4) is 0 Å². The second-order valence-electron chi connectivity index (χ2n) is 33.7. The number of nitrogens with zero attached hydrogens (tertiary/aromatic N) is 1. The number of aromatic hydroxyl groups is 2. The van der Waals surface area contributed by atoms with E-state index >= 15 is 9.59 Å². The summed E-state index contributed by atoms with van der Waals surface area (Å²) in [4.78, 5) is 234. The minimum atomic E-state index is -1.74.